The van der Waals surface area contributed by atoms with Gasteiger partial charge in [-0.25, -0.2) is 4.68 Å². The standard InChI is InChI=1S/C14H26N2O3Si/c1-11-13(6-7-14(17)18)12(2)16(15-11)10-19-8-9-20(3,4)5/h6-10H2,1-5H3,(H,17,18). The Morgan fingerprint density at radius 1 is 1.35 bits per heavy atom. The molecule has 1 aromatic heterocycles. The van der Waals surface area contributed by atoms with Crippen LogP contribution in [0.4, 0.5) is 0 Å². The zero-order valence-corrected chi connectivity index (χ0v) is 14.2. The van der Waals surface area contributed by atoms with Crippen LogP contribution in [0, 0.1) is 13.8 Å². The molecule has 20 heavy (non-hydrogen) atoms. The lowest BCUT2D eigenvalue weighted by atomic mass is 10.1. The predicted octanol–water partition coefficient (Wildman–Crippen LogP) is 2.83. The highest BCUT2D eigenvalue weighted by Crippen LogP contribution is 2.15. The summed E-state index contributed by atoms with van der Waals surface area (Å²) in [6, 6.07) is 1.14. The van der Waals surface area contributed by atoms with E-state index in [1.54, 1.807) is 0 Å². The monoisotopic (exact) mass is 298 g/mol. The number of ether oxygens (including phenoxy) is 1. The van der Waals surface area contributed by atoms with Crippen molar-refractivity contribution >= 4 is 14.0 Å². The van der Waals surface area contributed by atoms with Crippen LogP contribution in [0.5, 0.6) is 0 Å². The molecule has 0 unspecified atom stereocenters. The topological polar surface area (TPSA) is 64.4 Å². The number of hydrogen-bond donors (Lipinski definition) is 1. The van der Waals surface area contributed by atoms with E-state index in [2.05, 4.69) is 24.7 Å². The van der Waals surface area contributed by atoms with Crippen molar-refractivity contribution < 1.29 is 14.6 Å². The second kappa shape index (κ2) is 7.03. The second-order valence-corrected chi connectivity index (χ2v) is 12.0. The molecule has 0 aliphatic rings. The Bertz CT molecular complexity index is 464. The largest absolute Gasteiger partial charge is 0.481 e. The number of aliphatic carboxylic acids is 1. The van der Waals surface area contributed by atoms with Crippen molar-refractivity contribution in [2.75, 3.05) is 6.61 Å². The first-order valence-corrected chi connectivity index (χ1v) is 10.7. The number of carboxylic acids is 1. The Kier molecular flexibility index (Phi) is 5.95. The van der Waals surface area contributed by atoms with Gasteiger partial charge in [-0.1, -0.05) is 19.6 Å². The van der Waals surface area contributed by atoms with E-state index in [1.807, 2.05) is 18.5 Å². The van der Waals surface area contributed by atoms with Gasteiger partial charge in [0, 0.05) is 26.8 Å². The van der Waals surface area contributed by atoms with Crippen LogP contribution in [-0.4, -0.2) is 35.5 Å². The zero-order chi connectivity index (χ0) is 15.3. The molecule has 0 aliphatic heterocycles. The van der Waals surface area contributed by atoms with Crippen molar-refractivity contribution in [2.24, 2.45) is 0 Å². The Hall–Kier alpha value is -1.14. The molecule has 0 bridgehead atoms. The third-order valence-corrected chi connectivity index (χ3v) is 5.03. The molecule has 0 saturated carbocycles. The highest BCUT2D eigenvalue weighted by molar-refractivity contribution is 6.76. The molecule has 0 atom stereocenters. The molecule has 1 aromatic rings. The minimum absolute atomic E-state index is 0.143. The normalized spacial score (nSPS) is 11.8. The van der Waals surface area contributed by atoms with Crippen LogP contribution < -0.4 is 0 Å². The van der Waals surface area contributed by atoms with E-state index in [-0.39, 0.29) is 6.42 Å². The van der Waals surface area contributed by atoms with Gasteiger partial charge in [-0.2, -0.15) is 5.10 Å². The molecular weight excluding hydrogens is 272 g/mol. The molecule has 0 spiro atoms. The molecule has 0 aromatic carbocycles. The van der Waals surface area contributed by atoms with E-state index in [1.165, 1.54) is 0 Å². The number of nitrogens with zero attached hydrogens (tertiary/aromatic N) is 2. The molecule has 0 aliphatic carbocycles. The van der Waals surface area contributed by atoms with Gasteiger partial charge in [0.1, 0.15) is 6.73 Å². The number of carbonyl (C=O) groups is 1. The van der Waals surface area contributed by atoms with Gasteiger partial charge >= 0.3 is 5.97 Å². The van der Waals surface area contributed by atoms with E-state index in [9.17, 15) is 4.79 Å². The number of carboxylic acid groups (broad SMARTS) is 1. The van der Waals surface area contributed by atoms with Crippen LogP contribution >= 0.6 is 0 Å². The van der Waals surface area contributed by atoms with E-state index in [4.69, 9.17) is 9.84 Å². The fraction of sp³-hybridized carbons (Fsp3) is 0.714. The summed E-state index contributed by atoms with van der Waals surface area (Å²) in [5, 5.41) is 13.2. The molecule has 5 nitrogen and oxygen atoms in total. The number of aromatic nitrogens is 2. The maximum Gasteiger partial charge on any atom is 0.303 e. The number of aryl methyl sites for hydroxylation is 1. The summed E-state index contributed by atoms with van der Waals surface area (Å²) in [6.07, 6.45) is 0.672. The Balaban J connectivity index is 2.55. The molecular formula is C14H26N2O3Si. The van der Waals surface area contributed by atoms with Crippen LogP contribution in [0.3, 0.4) is 0 Å². The average Bonchev–Trinajstić information content (AvgIpc) is 2.56. The maximum atomic E-state index is 10.7. The fourth-order valence-electron chi connectivity index (χ4n) is 1.98. The molecule has 114 valence electrons. The Morgan fingerprint density at radius 2 is 2.00 bits per heavy atom. The van der Waals surface area contributed by atoms with Crippen molar-refractivity contribution in [1.29, 1.82) is 0 Å². The minimum Gasteiger partial charge on any atom is -0.481 e. The fourth-order valence-corrected chi connectivity index (χ4v) is 2.74. The van der Waals surface area contributed by atoms with Crippen molar-refractivity contribution in [3.63, 3.8) is 0 Å². The first kappa shape index (κ1) is 16.9. The Morgan fingerprint density at radius 3 is 2.55 bits per heavy atom. The SMILES string of the molecule is Cc1nn(COCC[Si](C)(C)C)c(C)c1CCC(=O)O. The van der Waals surface area contributed by atoms with Crippen molar-refractivity contribution in [3.05, 3.63) is 17.0 Å². The molecule has 1 heterocycles. The highest BCUT2D eigenvalue weighted by Gasteiger charge is 2.14. The lowest BCUT2D eigenvalue weighted by Crippen LogP contribution is -2.22. The van der Waals surface area contributed by atoms with E-state index in [0.29, 0.717) is 13.2 Å². The average molecular weight is 298 g/mol. The summed E-state index contributed by atoms with van der Waals surface area (Å²) >= 11 is 0. The van der Waals surface area contributed by atoms with Gasteiger partial charge in [-0.15, -0.1) is 0 Å². The van der Waals surface area contributed by atoms with Gasteiger partial charge in [0.25, 0.3) is 0 Å². The van der Waals surface area contributed by atoms with Gasteiger partial charge in [0.15, 0.2) is 0 Å². The molecule has 1 N–H and O–H groups in total. The summed E-state index contributed by atoms with van der Waals surface area (Å²) in [7, 11) is -1.06. The number of rotatable bonds is 8. The zero-order valence-electron chi connectivity index (χ0n) is 13.2. The van der Waals surface area contributed by atoms with Gasteiger partial charge in [0.2, 0.25) is 0 Å². The number of hydrogen-bond acceptors (Lipinski definition) is 3. The first-order valence-electron chi connectivity index (χ1n) is 7.03. The molecule has 6 heteroatoms. The lowest BCUT2D eigenvalue weighted by molar-refractivity contribution is -0.136. The van der Waals surface area contributed by atoms with Gasteiger partial charge in [-0.05, 0) is 31.9 Å². The van der Waals surface area contributed by atoms with Gasteiger partial charge in [0.05, 0.1) is 5.69 Å². The third kappa shape index (κ3) is 5.46. The maximum absolute atomic E-state index is 10.7. The molecule has 0 amide bonds. The van der Waals surface area contributed by atoms with Crippen molar-refractivity contribution in [1.82, 2.24) is 9.78 Å². The van der Waals surface area contributed by atoms with Gasteiger partial charge < -0.3 is 9.84 Å². The summed E-state index contributed by atoms with van der Waals surface area (Å²) in [6.45, 7) is 12.1. The first-order chi connectivity index (χ1) is 9.20. The Labute approximate surface area is 122 Å². The van der Waals surface area contributed by atoms with E-state index >= 15 is 0 Å². The quantitative estimate of drug-likeness (QED) is 0.592. The smallest absolute Gasteiger partial charge is 0.303 e. The van der Waals surface area contributed by atoms with Crippen LogP contribution in [0.25, 0.3) is 0 Å². The molecule has 0 saturated heterocycles. The predicted molar refractivity (Wildman–Crippen MR) is 81.8 cm³/mol. The summed E-state index contributed by atoms with van der Waals surface area (Å²) in [4.78, 5) is 10.7. The van der Waals surface area contributed by atoms with Crippen LogP contribution in [0.2, 0.25) is 25.7 Å². The second-order valence-electron chi connectivity index (χ2n) is 6.39. The minimum atomic E-state index is -1.06. The third-order valence-electron chi connectivity index (χ3n) is 3.33. The molecule has 0 radical (unpaired) electrons. The highest BCUT2D eigenvalue weighted by atomic mass is 28.3. The van der Waals surface area contributed by atoms with Crippen LogP contribution in [0.15, 0.2) is 0 Å². The van der Waals surface area contributed by atoms with Crippen LogP contribution in [0.1, 0.15) is 23.4 Å². The van der Waals surface area contributed by atoms with E-state index < -0.39 is 14.0 Å². The summed E-state index contributed by atoms with van der Waals surface area (Å²) < 4.78 is 7.52. The molecule has 0 fully saturated rings. The van der Waals surface area contributed by atoms with Crippen molar-refractivity contribution in [3.8, 4) is 0 Å². The van der Waals surface area contributed by atoms with Crippen molar-refractivity contribution in [2.45, 2.75) is 59.1 Å². The van der Waals surface area contributed by atoms with Gasteiger partial charge in [-0.3, -0.25) is 4.79 Å². The summed E-state index contributed by atoms with van der Waals surface area (Å²) in [5.41, 5.74) is 2.94. The van der Waals surface area contributed by atoms with E-state index in [0.717, 1.165) is 29.6 Å². The molecule has 1 rings (SSSR count). The lowest BCUT2D eigenvalue weighted by Gasteiger charge is -2.15. The summed E-state index contributed by atoms with van der Waals surface area (Å²) in [5.74, 6) is -0.775. The van der Waals surface area contributed by atoms with Crippen LogP contribution in [-0.2, 0) is 22.7 Å².